The maximum atomic E-state index is 11.6. The van der Waals surface area contributed by atoms with Gasteiger partial charge in [0.1, 0.15) is 9.83 Å². The van der Waals surface area contributed by atoms with Crippen LogP contribution in [0.4, 0.5) is 0 Å². The number of rotatable bonds is 6. The van der Waals surface area contributed by atoms with E-state index in [1.807, 2.05) is 0 Å². The van der Waals surface area contributed by atoms with E-state index in [0.29, 0.717) is 28.9 Å². The molecule has 0 aromatic carbocycles. The highest BCUT2D eigenvalue weighted by Gasteiger charge is 2.25. The highest BCUT2D eigenvalue weighted by Crippen LogP contribution is 2.19. The lowest BCUT2D eigenvalue weighted by atomic mass is 10.5. The predicted molar refractivity (Wildman–Crippen MR) is 80.4 cm³/mol. The Hall–Kier alpha value is -0.710. The Bertz CT molecular complexity index is 463. The molecular weight excluding hydrogens is 324 g/mol. The minimum atomic E-state index is -0.0922. The van der Waals surface area contributed by atoms with E-state index in [1.165, 1.54) is 39.8 Å². The molecule has 1 saturated heterocycles. The van der Waals surface area contributed by atoms with Gasteiger partial charge in [-0.25, -0.2) is 0 Å². The van der Waals surface area contributed by atoms with E-state index in [2.05, 4.69) is 15.5 Å². The maximum Gasteiger partial charge on any atom is 0.238 e. The number of nitrogens with zero attached hydrogens (tertiary/aromatic N) is 3. The molecule has 0 atom stereocenters. The van der Waals surface area contributed by atoms with Crippen molar-refractivity contribution in [2.24, 2.45) is 0 Å². The molecular formula is C9H10N4O2S4. The number of aromatic nitrogens is 2. The van der Waals surface area contributed by atoms with Gasteiger partial charge in [-0.15, -0.1) is 10.2 Å². The Morgan fingerprint density at radius 3 is 3.11 bits per heavy atom. The lowest BCUT2D eigenvalue weighted by molar-refractivity contribution is -0.124. The number of hydrogen-bond acceptors (Lipinski definition) is 8. The van der Waals surface area contributed by atoms with Crippen LogP contribution in [0.5, 0.6) is 0 Å². The van der Waals surface area contributed by atoms with Gasteiger partial charge in [-0.1, -0.05) is 47.1 Å². The van der Waals surface area contributed by atoms with Crippen LogP contribution in [0.1, 0.15) is 0 Å². The third kappa shape index (κ3) is 4.41. The maximum absolute atomic E-state index is 11.6. The van der Waals surface area contributed by atoms with Gasteiger partial charge in [-0.05, 0) is 0 Å². The number of hydrogen-bond donors (Lipinski definition) is 1. The molecule has 2 rings (SSSR count). The van der Waals surface area contributed by atoms with Gasteiger partial charge in [0.15, 0.2) is 4.34 Å². The molecule has 1 aromatic rings. The van der Waals surface area contributed by atoms with Gasteiger partial charge in [-0.3, -0.25) is 14.5 Å². The lowest BCUT2D eigenvalue weighted by Gasteiger charge is -2.14. The number of amides is 2. The Labute approximate surface area is 127 Å². The van der Waals surface area contributed by atoms with Crippen LogP contribution in [0.3, 0.4) is 0 Å². The zero-order chi connectivity index (χ0) is 13.7. The molecule has 2 amide bonds. The first-order valence-corrected chi connectivity index (χ1v) is 8.55. The fraction of sp³-hybridized carbons (Fsp3) is 0.444. The molecule has 1 aliphatic rings. The van der Waals surface area contributed by atoms with E-state index in [0.717, 1.165) is 4.34 Å². The number of carbonyl (C=O) groups is 2. The summed E-state index contributed by atoms with van der Waals surface area (Å²) < 4.78 is 1.35. The monoisotopic (exact) mass is 334 g/mol. The summed E-state index contributed by atoms with van der Waals surface area (Å²) in [6.07, 6.45) is 0. The smallest absolute Gasteiger partial charge is 0.238 e. The van der Waals surface area contributed by atoms with Crippen molar-refractivity contribution < 1.29 is 9.59 Å². The molecule has 0 saturated carbocycles. The minimum Gasteiger partial charge on any atom is -0.354 e. The average molecular weight is 334 g/mol. The van der Waals surface area contributed by atoms with E-state index >= 15 is 0 Å². The third-order valence-corrected chi connectivity index (χ3v) is 5.46. The van der Waals surface area contributed by atoms with E-state index in [-0.39, 0.29) is 11.8 Å². The van der Waals surface area contributed by atoms with Crippen molar-refractivity contribution in [2.75, 3.05) is 24.6 Å². The van der Waals surface area contributed by atoms with Gasteiger partial charge in [0.25, 0.3) is 0 Å². The van der Waals surface area contributed by atoms with Crippen LogP contribution in [0.15, 0.2) is 9.85 Å². The molecule has 2 heterocycles. The van der Waals surface area contributed by atoms with Crippen molar-refractivity contribution in [1.29, 1.82) is 0 Å². The summed E-state index contributed by atoms with van der Waals surface area (Å²) in [6, 6.07) is 0. The molecule has 102 valence electrons. The molecule has 0 unspecified atom stereocenters. The predicted octanol–water partition coefficient (Wildman–Crippen LogP) is 0.607. The van der Waals surface area contributed by atoms with Crippen LogP contribution < -0.4 is 5.32 Å². The second-order valence-corrected chi connectivity index (χ2v) is 7.11. The molecule has 0 spiro atoms. The van der Waals surface area contributed by atoms with Gasteiger partial charge in [0, 0.05) is 13.1 Å². The molecule has 10 heteroatoms. The molecule has 1 aromatic heterocycles. The van der Waals surface area contributed by atoms with E-state index in [1.54, 1.807) is 5.51 Å². The van der Waals surface area contributed by atoms with E-state index < -0.39 is 0 Å². The summed E-state index contributed by atoms with van der Waals surface area (Å²) in [5.74, 6) is 0.611. The first-order valence-electron chi connectivity index (χ1n) is 5.29. The van der Waals surface area contributed by atoms with Gasteiger partial charge in [0.2, 0.25) is 11.8 Å². The number of thioether (sulfide) groups is 2. The Morgan fingerprint density at radius 1 is 1.63 bits per heavy atom. The molecule has 1 fully saturated rings. The topological polar surface area (TPSA) is 75.2 Å². The highest BCUT2D eigenvalue weighted by molar-refractivity contribution is 8.23. The molecule has 0 aliphatic carbocycles. The third-order valence-electron chi connectivity index (χ3n) is 2.16. The first kappa shape index (κ1) is 14.7. The standard InChI is InChI=1S/C9H10N4O2S4/c14-6(3-17-8-12-11-5-19-8)10-1-2-13-7(15)4-18-9(13)16/h5H,1-4H2,(H,10,14). The van der Waals surface area contributed by atoms with Crippen molar-refractivity contribution in [3.63, 3.8) is 0 Å². The molecule has 1 N–H and O–H groups in total. The van der Waals surface area contributed by atoms with Crippen molar-refractivity contribution in [1.82, 2.24) is 20.4 Å². The summed E-state index contributed by atoms with van der Waals surface area (Å²) in [6.45, 7) is 0.835. The lowest BCUT2D eigenvalue weighted by Crippen LogP contribution is -2.37. The summed E-state index contributed by atoms with van der Waals surface area (Å²) in [5.41, 5.74) is 1.62. The number of thiocarbonyl (C=S) groups is 1. The van der Waals surface area contributed by atoms with Gasteiger partial charge in [-0.2, -0.15) is 0 Å². The van der Waals surface area contributed by atoms with Gasteiger partial charge in [0.05, 0.1) is 11.5 Å². The fourth-order valence-corrected chi connectivity index (χ4v) is 3.75. The molecule has 0 bridgehead atoms. The SMILES string of the molecule is O=C(CSc1nncs1)NCCN1C(=O)CSC1=S. The number of nitrogens with one attached hydrogen (secondary N) is 1. The quantitative estimate of drug-likeness (QED) is 0.603. The zero-order valence-electron chi connectivity index (χ0n) is 9.70. The second-order valence-electron chi connectivity index (χ2n) is 3.44. The van der Waals surface area contributed by atoms with Crippen molar-refractivity contribution in [3.05, 3.63) is 5.51 Å². The van der Waals surface area contributed by atoms with Gasteiger partial charge >= 0.3 is 0 Å². The molecule has 6 nitrogen and oxygen atoms in total. The Balaban J connectivity index is 1.64. The number of carbonyl (C=O) groups excluding carboxylic acids is 2. The molecule has 19 heavy (non-hydrogen) atoms. The zero-order valence-corrected chi connectivity index (χ0v) is 13.0. The summed E-state index contributed by atoms with van der Waals surface area (Å²) in [4.78, 5) is 24.5. The molecule has 1 aliphatic heterocycles. The Morgan fingerprint density at radius 2 is 2.47 bits per heavy atom. The average Bonchev–Trinajstić information content (AvgIpc) is 3.00. The summed E-state index contributed by atoms with van der Waals surface area (Å²) >= 11 is 9.14. The van der Waals surface area contributed by atoms with E-state index in [9.17, 15) is 9.59 Å². The van der Waals surface area contributed by atoms with Crippen LogP contribution in [0.25, 0.3) is 0 Å². The highest BCUT2D eigenvalue weighted by atomic mass is 32.2. The van der Waals surface area contributed by atoms with Gasteiger partial charge < -0.3 is 5.32 Å². The summed E-state index contributed by atoms with van der Waals surface area (Å²) in [5, 5.41) is 10.3. The van der Waals surface area contributed by atoms with Crippen LogP contribution >= 0.6 is 47.1 Å². The van der Waals surface area contributed by atoms with E-state index in [4.69, 9.17) is 12.2 Å². The van der Waals surface area contributed by atoms with Crippen molar-refractivity contribution in [2.45, 2.75) is 4.34 Å². The second kappa shape index (κ2) is 7.17. The molecule has 0 radical (unpaired) electrons. The van der Waals surface area contributed by atoms with Crippen LogP contribution in [-0.4, -0.2) is 55.8 Å². The van der Waals surface area contributed by atoms with Crippen LogP contribution in [0.2, 0.25) is 0 Å². The fourth-order valence-electron chi connectivity index (χ4n) is 1.31. The van der Waals surface area contributed by atoms with Crippen molar-refractivity contribution >= 4 is 63.2 Å². The van der Waals surface area contributed by atoms with Crippen LogP contribution in [-0.2, 0) is 9.59 Å². The summed E-state index contributed by atoms with van der Waals surface area (Å²) in [7, 11) is 0. The first-order chi connectivity index (χ1) is 9.16. The largest absolute Gasteiger partial charge is 0.354 e. The van der Waals surface area contributed by atoms with Crippen molar-refractivity contribution in [3.8, 4) is 0 Å². The Kier molecular flexibility index (Phi) is 5.55. The minimum absolute atomic E-state index is 0.00693. The van der Waals surface area contributed by atoms with Crippen LogP contribution in [0, 0.1) is 0 Å². The normalized spacial score (nSPS) is 15.1.